The summed E-state index contributed by atoms with van der Waals surface area (Å²) < 4.78 is 15.3. The summed E-state index contributed by atoms with van der Waals surface area (Å²) >= 11 is 0. The van der Waals surface area contributed by atoms with E-state index in [1.165, 1.54) is 16.3 Å². The highest BCUT2D eigenvalue weighted by molar-refractivity contribution is 6.14. The van der Waals surface area contributed by atoms with Gasteiger partial charge in [0.05, 0.1) is 16.7 Å². The highest BCUT2D eigenvalue weighted by Gasteiger charge is 2.22. The molecule has 0 radical (unpaired) electrons. The number of nitrogens with zero attached hydrogens (tertiary/aromatic N) is 2. The number of fused-ring (bicyclic) bond motifs is 9. The SMILES string of the molecule is c1ccc(-n2c3ccccc3c3ccc(N(c4ccc(-c5cccc(-c6cccc7oc8ccccc8c67)c5)cc4)c4cccc5c4oc4ccccc45)cc32)cc1. The summed E-state index contributed by atoms with van der Waals surface area (Å²) in [5.41, 5.74) is 14.6. The van der Waals surface area contributed by atoms with E-state index in [1.54, 1.807) is 0 Å². The third-order valence-corrected chi connectivity index (χ3v) is 11.6. The molecule has 4 heteroatoms. The Morgan fingerprint density at radius 2 is 1.00 bits per heavy atom. The van der Waals surface area contributed by atoms with Crippen molar-refractivity contribution in [2.45, 2.75) is 0 Å². The molecule has 58 heavy (non-hydrogen) atoms. The van der Waals surface area contributed by atoms with E-state index in [2.05, 4.69) is 191 Å². The zero-order valence-electron chi connectivity index (χ0n) is 31.3. The molecular formula is C54H34N2O2. The number of rotatable bonds is 6. The summed E-state index contributed by atoms with van der Waals surface area (Å²) in [6, 6.07) is 73.2. The fraction of sp³-hybridized carbons (Fsp3) is 0. The van der Waals surface area contributed by atoms with Gasteiger partial charge in [0.1, 0.15) is 16.7 Å². The number of hydrogen-bond donors (Lipinski definition) is 0. The van der Waals surface area contributed by atoms with Gasteiger partial charge in [0.25, 0.3) is 0 Å². The molecular weight excluding hydrogens is 709 g/mol. The van der Waals surface area contributed by atoms with Gasteiger partial charge < -0.3 is 18.3 Å². The summed E-state index contributed by atoms with van der Waals surface area (Å²) in [5, 5.41) is 6.90. The van der Waals surface area contributed by atoms with Crippen molar-refractivity contribution in [2.75, 3.05) is 4.90 Å². The highest BCUT2D eigenvalue weighted by Crippen LogP contribution is 2.45. The Kier molecular flexibility index (Phi) is 7.20. The average Bonchev–Trinajstić information content (AvgIpc) is 3.97. The first-order valence-corrected chi connectivity index (χ1v) is 19.7. The molecule has 3 heterocycles. The minimum Gasteiger partial charge on any atom is -0.456 e. The van der Waals surface area contributed by atoms with Crippen LogP contribution in [0.1, 0.15) is 0 Å². The monoisotopic (exact) mass is 742 g/mol. The smallest absolute Gasteiger partial charge is 0.159 e. The van der Waals surface area contributed by atoms with Crippen LogP contribution < -0.4 is 4.90 Å². The van der Waals surface area contributed by atoms with Crippen molar-refractivity contribution in [3.8, 4) is 27.9 Å². The Balaban J connectivity index is 1.02. The van der Waals surface area contributed by atoms with Gasteiger partial charge in [0.15, 0.2) is 5.58 Å². The molecule has 272 valence electrons. The predicted molar refractivity (Wildman–Crippen MR) is 241 cm³/mol. The standard InChI is InChI=1S/C54H34N2O2/c1-2-15-38(16-3-1)56-47-22-7-4-17-42(47)43-32-31-40(34-49(43)56)55(48-23-11-21-45-44-18-5-8-24-50(44)58-54(45)48)39-29-27-35(28-30-39)36-13-10-14-37(33-36)41-20-12-26-52-53(41)46-19-6-9-25-51(46)57-52/h1-34H. The minimum atomic E-state index is 0.852. The zero-order valence-corrected chi connectivity index (χ0v) is 31.3. The fourth-order valence-corrected chi connectivity index (χ4v) is 8.97. The van der Waals surface area contributed by atoms with Crippen molar-refractivity contribution in [1.29, 1.82) is 0 Å². The third-order valence-electron chi connectivity index (χ3n) is 11.6. The molecule has 0 aliphatic carbocycles. The van der Waals surface area contributed by atoms with E-state index in [9.17, 15) is 0 Å². The number of hydrogen-bond acceptors (Lipinski definition) is 3. The van der Waals surface area contributed by atoms with Crippen molar-refractivity contribution >= 4 is 82.7 Å². The molecule has 0 amide bonds. The van der Waals surface area contributed by atoms with Gasteiger partial charge in [-0.05, 0) is 95.1 Å². The van der Waals surface area contributed by atoms with Crippen molar-refractivity contribution in [3.05, 3.63) is 206 Å². The first kappa shape index (κ1) is 32.4. The van der Waals surface area contributed by atoms with Gasteiger partial charge in [-0.1, -0.05) is 133 Å². The van der Waals surface area contributed by atoms with E-state index in [0.29, 0.717) is 0 Å². The van der Waals surface area contributed by atoms with Crippen LogP contribution in [0.5, 0.6) is 0 Å². The Hall–Kier alpha value is -7.82. The molecule has 0 bridgehead atoms. The van der Waals surface area contributed by atoms with Crippen LogP contribution in [0.2, 0.25) is 0 Å². The molecule has 9 aromatic carbocycles. The van der Waals surface area contributed by atoms with E-state index in [4.69, 9.17) is 8.83 Å². The summed E-state index contributed by atoms with van der Waals surface area (Å²) in [6.45, 7) is 0. The molecule has 0 fully saturated rings. The second kappa shape index (κ2) is 12.9. The largest absolute Gasteiger partial charge is 0.456 e. The first-order chi connectivity index (χ1) is 28.8. The lowest BCUT2D eigenvalue weighted by Crippen LogP contribution is -2.10. The number of anilines is 3. The molecule has 0 unspecified atom stereocenters. The summed E-state index contributed by atoms with van der Waals surface area (Å²) in [6.07, 6.45) is 0. The highest BCUT2D eigenvalue weighted by atomic mass is 16.3. The summed E-state index contributed by atoms with van der Waals surface area (Å²) in [4.78, 5) is 2.34. The van der Waals surface area contributed by atoms with Crippen LogP contribution in [0.4, 0.5) is 17.1 Å². The average molecular weight is 743 g/mol. The second-order valence-electron chi connectivity index (χ2n) is 14.9. The fourth-order valence-electron chi connectivity index (χ4n) is 8.97. The van der Waals surface area contributed by atoms with Crippen LogP contribution in [0.25, 0.3) is 93.6 Å². The van der Waals surface area contributed by atoms with Crippen LogP contribution in [0, 0.1) is 0 Å². The molecule has 4 nitrogen and oxygen atoms in total. The van der Waals surface area contributed by atoms with E-state index in [-0.39, 0.29) is 0 Å². The van der Waals surface area contributed by atoms with Gasteiger partial charge in [0, 0.05) is 49.4 Å². The Morgan fingerprint density at radius 1 is 0.362 bits per heavy atom. The van der Waals surface area contributed by atoms with Gasteiger partial charge >= 0.3 is 0 Å². The Morgan fingerprint density at radius 3 is 1.86 bits per heavy atom. The molecule has 0 aliphatic heterocycles. The van der Waals surface area contributed by atoms with Crippen LogP contribution in [-0.2, 0) is 0 Å². The summed E-state index contributed by atoms with van der Waals surface area (Å²) in [7, 11) is 0. The molecule has 0 atom stereocenters. The lowest BCUT2D eigenvalue weighted by atomic mass is 9.96. The number of aromatic nitrogens is 1. The van der Waals surface area contributed by atoms with Gasteiger partial charge in [-0.2, -0.15) is 0 Å². The minimum absolute atomic E-state index is 0.852. The first-order valence-electron chi connectivity index (χ1n) is 19.7. The van der Waals surface area contributed by atoms with Crippen molar-refractivity contribution in [3.63, 3.8) is 0 Å². The van der Waals surface area contributed by atoms with Crippen LogP contribution in [0.3, 0.4) is 0 Å². The number of para-hydroxylation sites is 5. The maximum Gasteiger partial charge on any atom is 0.159 e. The van der Waals surface area contributed by atoms with Gasteiger partial charge in [0.2, 0.25) is 0 Å². The van der Waals surface area contributed by atoms with Crippen molar-refractivity contribution in [1.82, 2.24) is 4.57 Å². The Bertz CT molecular complexity index is 3520. The maximum atomic E-state index is 6.68. The lowest BCUT2D eigenvalue weighted by molar-refractivity contribution is 0.668. The Labute approximate surface area is 334 Å². The molecule has 3 aromatic heterocycles. The molecule has 12 rings (SSSR count). The second-order valence-corrected chi connectivity index (χ2v) is 14.9. The third kappa shape index (κ3) is 5.02. The van der Waals surface area contributed by atoms with E-state index in [0.717, 1.165) is 94.4 Å². The number of furan rings is 2. The summed E-state index contributed by atoms with van der Waals surface area (Å²) in [5.74, 6) is 0. The van der Waals surface area contributed by atoms with Crippen molar-refractivity contribution in [2.24, 2.45) is 0 Å². The van der Waals surface area contributed by atoms with Gasteiger partial charge in [-0.3, -0.25) is 0 Å². The van der Waals surface area contributed by atoms with E-state index >= 15 is 0 Å². The number of benzene rings is 9. The maximum absolute atomic E-state index is 6.68. The van der Waals surface area contributed by atoms with Crippen LogP contribution in [-0.4, -0.2) is 4.57 Å². The normalized spacial score (nSPS) is 11.8. The van der Waals surface area contributed by atoms with E-state index in [1.807, 2.05) is 24.3 Å². The predicted octanol–water partition coefficient (Wildman–Crippen LogP) is 15.4. The molecule has 12 aromatic rings. The zero-order chi connectivity index (χ0) is 38.2. The molecule has 0 saturated heterocycles. The van der Waals surface area contributed by atoms with Gasteiger partial charge in [-0.15, -0.1) is 0 Å². The molecule has 0 aliphatic rings. The molecule has 0 saturated carbocycles. The van der Waals surface area contributed by atoms with Crippen molar-refractivity contribution < 1.29 is 8.83 Å². The quantitative estimate of drug-likeness (QED) is 0.170. The topological polar surface area (TPSA) is 34.5 Å². The van der Waals surface area contributed by atoms with Crippen LogP contribution in [0.15, 0.2) is 215 Å². The van der Waals surface area contributed by atoms with Crippen LogP contribution >= 0.6 is 0 Å². The molecule has 0 spiro atoms. The molecule has 0 N–H and O–H groups in total. The van der Waals surface area contributed by atoms with Gasteiger partial charge in [-0.25, -0.2) is 0 Å². The lowest BCUT2D eigenvalue weighted by Gasteiger charge is -2.26. The van der Waals surface area contributed by atoms with E-state index < -0.39 is 0 Å².